The van der Waals surface area contributed by atoms with E-state index in [1.807, 2.05) is 26.0 Å². The zero-order valence-corrected chi connectivity index (χ0v) is 11.8. The zero-order chi connectivity index (χ0) is 13.8. The normalized spacial score (nSPS) is 10.4. The van der Waals surface area contributed by atoms with Crippen LogP contribution in [0.3, 0.4) is 0 Å². The van der Waals surface area contributed by atoms with Gasteiger partial charge < -0.3 is 10.5 Å². The molecule has 19 heavy (non-hydrogen) atoms. The minimum Gasteiger partial charge on any atom is -0.458 e. The number of carbonyl (C=O) groups is 1. The third-order valence-corrected chi connectivity index (χ3v) is 3.80. The Morgan fingerprint density at radius 1 is 1.32 bits per heavy atom. The lowest BCUT2D eigenvalue weighted by molar-refractivity contribution is -0.144. The molecule has 0 saturated heterocycles. The van der Waals surface area contributed by atoms with E-state index >= 15 is 0 Å². The Morgan fingerprint density at radius 2 is 2.00 bits per heavy atom. The fourth-order valence-corrected chi connectivity index (χ4v) is 2.44. The molecular weight excluding hydrogens is 260 g/mol. The Bertz CT molecular complexity index is 556. The van der Waals surface area contributed by atoms with Gasteiger partial charge in [-0.3, -0.25) is 4.79 Å². The number of aryl methyl sites for hydroxylation is 2. The van der Waals surface area contributed by atoms with E-state index in [4.69, 9.17) is 10.5 Å². The standard InChI is InChI=1S/C14H16N2O2S/c1-9-10(2)19-13(16-9)8-18-14(17)7-11-3-5-12(15)6-4-11/h3-6H,7-8,15H2,1-2H3. The molecule has 0 aliphatic heterocycles. The smallest absolute Gasteiger partial charge is 0.310 e. The molecule has 1 aromatic carbocycles. The highest BCUT2D eigenvalue weighted by atomic mass is 32.1. The quantitative estimate of drug-likeness (QED) is 0.688. The highest BCUT2D eigenvalue weighted by molar-refractivity contribution is 7.11. The van der Waals surface area contributed by atoms with Crippen LogP contribution < -0.4 is 5.73 Å². The van der Waals surface area contributed by atoms with Gasteiger partial charge in [0.15, 0.2) is 0 Å². The van der Waals surface area contributed by atoms with Gasteiger partial charge in [-0.15, -0.1) is 11.3 Å². The van der Waals surface area contributed by atoms with Gasteiger partial charge in [-0.1, -0.05) is 12.1 Å². The van der Waals surface area contributed by atoms with Crippen LogP contribution in [0.2, 0.25) is 0 Å². The third-order valence-electron chi connectivity index (χ3n) is 2.76. The highest BCUT2D eigenvalue weighted by Gasteiger charge is 2.08. The van der Waals surface area contributed by atoms with Crippen LogP contribution in [-0.4, -0.2) is 11.0 Å². The molecule has 0 spiro atoms. The van der Waals surface area contributed by atoms with Crippen molar-refractivity contribution in [3.63, 3.8) is 0 Å². The number of carbonyl (C=O) groups excluding carboxylic acids is 1. The first-order valence-corrected chi connectivity index (χ1v) is 6.79. The minimum atomic E-state index is -0.254. The van der Waals surface area contributed by atoms with Crippen molar-refractivity contribution in [1.82, 2.24) is 4.98 Å². The van der Waals surface area contributed by atoms with Gasteiger partial charge in [0.25, 0.3) is 0 Å². The summed E-state index contributed by atoms with van der Waals surface area (Å²) >= 11 is 1.56. The van der Waals surface area contributed by atoms with Crippen molar-refractivity contribution in [1.29, 1.82) is 0 Å². The number of nitrogens with two attached hydrogens (primary N) is 1. The number of hydrogen-bond acceptors (Lipinski definition) is 5. The van der Waals surface area contributed by atoms with Gasteiger partial charge in [0.1, 0.15) is 11.6 Å². The lowest BCUT2D eigenvalue weighted by Crippen LogP contribution is -2.08. The lowest BCUT2D eigenvalue weighted by Gasteiger charge is -2.03. The minimum absolute atomic E-state index is 0.243. The molecule has 2 aromatic rings. The van der Waals surface area contributed by atoms with Crippen LogP contribution in [0.15, 0.2) is 24.3 Å². The number of nitrogen functional groups attached to an aromatic ring is 1. The average molecular weight is 276 g/mol. The van der Waals surface area contributed by atoms with Crippen molar-refractivity contribution in [2.24, 2.45) is 0 Å². The summed E-state index contributed by atoms with van der Waals surface area (Å²) in [7, 11) is 0. The molecular formula is C14H16N2O2S. The number of rotatable bonds is 4. The van der Waals surface area contributed by atoms with E-state index in [0.29, 0.717) is 5.69 Å². The predicted molar refractivity (Wildman–Crippen MR) is 75.9 cm³/mol. The first kappa shape index (κ1) is 13.5. The second-order valence-corrected chi connectivity index (χ2v) is 5.62. The number of aromatic nitrogens is 1. The molecule has 1 heterocycles. The first-order valence-electron chi connectivity index (χ1n) is 5.97. The Kier molecular flexibility index (Phi) is 4.16. The zero-order valence-electron chi connectivity index (χ0n) is 11.0. The largest absolute Gasteiger partial charge is 0.458 e. The maximum Gasteiger partial charge on any atom is 0.310 e. The van der Waals surface area contributed by atoms with Crippen LogP contribution in [0, 0.1) is 13.8 Å². The van der Waals surface area contributed by atoms with Gasteiger partial charge >= 0.3 is 5.97 Å². The van der Waals surface area contributed by atoms with Crippen molar-refractivity contribution in [3.8, 4) is 0 Å². The summed E-state index contributed by atoms with van der Waals surface area (Å²) < 4.78 is 5.21. The number of esters is 1. The van der Waals surface area contributed by atoms with Crippen molar-refractivity contribution in [2.75, 3.05) is 5.73 Å². The van der Waals surface area contributed by atoms with Crippen molar-refractivity contribution in [3.05, 3.63) is 45.4 Å². The fraction of sp³-hybridized carbons (Fsp3) is 0.286. The van der Waals surface area contributed by atoms with Crippen LogP contribution in [0.1, 0.15) is 21.1 Å². The summed E-state index contributed by atoms with van der Waals surface area (Å²) in [6.45, 7) is 4.20. The number of benzene rings is 1. The summed E-state index contributed by atoms with van der Waals surface area (Å²) in [5.74, 6) is -0.254. The van der Waals surface area contributed by atoms with Gasteiger partial charge in [0.2, 0.25) is 0 Å². The van der Waals surface area contributed by atoms with Crippen molar-refractivity contribution in [2.45, 2.75) is 26.9 Å². The number of nitrogens with zero attached hydrogens (tertiary/aromatic N) is 1. The van der Waals surface area contributed by atoms with E-state index in [0.717, 1.165) is 21.1 Å². The van der Waals surface area contributed by atoms with E-state index < -0.39 is 0 Å². The molecule has 5 heteroatoms. The predicted octanol–water partition coefficient (Wildman–Crippen LogP) is 2.63. The molecule has 4 nitrogen and oxygen atoms in total. The Balaban J connectivity index is 1.86. The fourth-order valence-electron chi connectivity index (χ4n) is 1.60. The SMILES string of the molecule is Cc1nc(COC(=O)Cc2ccc(N)cc2)sc1C. The molecule has 0 radical (unpaired) electrons. The van der Waals surface area contributed by atoms with Crippen molar-refractivity contribution < 1.29 is 9.53 Å². The average Bonchev–Trinajstić information content (AvgIpc) is 2.69. The van der Waals surface area contributed by atoms with Crippen LogP contribution in [-0.2, 0) is 22.6 Å². The summed E-state index contributed by atoms with van der Waals surface area (Å²) in [4.78, 5) is 17.2. The number of anilines is 1. The first-order chi connectivity index (χ1) is 9.04. The highest BCUT2D eigenvalue weighted by Crippen LogP contribution is 2.17. The third kappa shape index (κ3) is 3.79. The number of hydrogen-bond donors (Lipinski definition) is 1. The molecule has 0 fully saturated rings. The molecule has 2 rings (SSSR count). The van der Waals surface area contributed by atoms with Crippen LogP contribution in [0.4, 0.5) is 5.69 Å². The maximum absolute atomic E-state index is 11.7. The van der Waals surface area contributed by atoms with E-state index in [1.165, 1.54) is 0 Å². The Labute approximate surface area is 116 Å². The molecule has 2 N–H and O–H groups in total. The summed E-state index contributed by atoms with van der Waals surface area (Å²) in [6, 6.07) is 7.20. The maximum atomic E-state index is 11.7. The van der Waals surface area contributed by atoms with Crippen molar-refractivity contribution >= 4 is 23.0 Å². The summed E-state index contributed by atoms with van der Waals surface area (Å²) in [5, 5.41) is 0.834. The van der Waals surface area contributed by atoms with E-state index in [-0.39, 0.29) is 19.0 Å². The van der Waals surface area contributed by atoms with Gasteiger partial charge in [0, 0.05) is 10.6 Å². The second-order valence-electron chi connectivity index (χ2n) is 4.33. The molecule has 0 bridgehead atoms. The monoisotopic (exact) mass is 276 g/mol. The Hall–Kier alpha value is -1.88. The molecule has 1 aromatic heterocycles. The number of ether oxygens (including phenoxy) is 1. The molecule has 0 aliphatic carbocycles. The van der Waals surface area contributed by atoms with Gasteiger partial charge in [-0.2, -0.15) is 0 Å². The molecule has 0 saturated carbocycles. The van der Waals surface area contributed by atoms with Gasteiger partial charge in [-0.25, -0.2) is 4.98 Å². The molecule has 0 atom stereocenters. The molecule has 0 amide bonds. The molecule has 0 aliphatic rings. The van der Waals surface area contributed by atoms with E-state index in [1.54, 1.807) is 23.5 Å². The van der Waals surface area contributed by atoms with Crippen LogP contribution >= 0.6 is 11.3 Å². The Morgan fingerprint density at radius 3 is 2.58 bits per heavy atom. The van der Waals surface area contributed by atoms with E-state index in [9.17, 15) is 4.79 Å². The second kappa shape index (κ2) is 5.84. The van der Waals surface area contributed by atoms with Gasteiger partial charge in [-0.05, 0) is 31.5 Å². The lowest BCUT2D eigenvalue weighted by atomic mass is 10.1. The van der Waals surface area contributed by atoms with Crippen LogP contribution in [0.5, 0.6) is 0 Å². The molecule has 0 unspecified atom stereocenters. The number of thiazole rings is 1. The van der Waals surface area contributed by atoms with E-state index in [2.05, 4.69) is 4.98 Å². The van der Waals surface area contributed by atoms with Crippen LogP contribution in [0.25, 0.3) is 0 Å². The topological polar surface area (TPSA) is 65.2 Å². The van der Waals surface area contributed by atoms with Gasteiger partial charge in [0.05, 0.1) is 12.1 Å². The summed E-state index contributed by atoms with van der Waals surface area (Å²) in [5.41, 5.74) is 8.16. The summed E-state index contributed by atoms with van der Waals surface area (Å²) in [6.07, 6.45) is 0.254. The molecule has 100 valence electrons.